The monoisotopic (exact) mass is 318 g/mol. The maximum Gasteiger partial charge on any atom is 0.110 e. The van der Waals surface area contributed by atoms with E-state index in [2.05, 4.69) is 15.9 Å². The van der Waals surface area contributed by atoms with E-state index in [0.717, 1.165) is 35.7 Å². The molecule has 1 saturated carbocycles. The molecular formula is C13H19BrO2S. The van der Waals surface area contributed by atoms with Crippen molar-refractivity contribution in [2.45, 2.75) is 50.7 Å². The van der Waals surface area contributed by atoms with Crippen LogP contribution in [0.5, 0.6) is 0 Å². The van der Waals surface area contributed by atoms with Gasteiger partial charge < -0.3 is 9.84 Å². The number of rotatable bonds is 4. The molecule has 4 heteroatoms. The van der Waals surface area contributed by atoms with E-state index in [9.17, 15) is 5.11 Å². The zero-order valence-electron chi connectivity index (χ0n) is 10.1. The first-order chi connectivity index (χ1) is 8.19. The fourth-order valence-corrected chi connectivity index (χ4v) is 4.24. The minimum absolute atomic E-state index is 0.364. The maximum atomic E-state index is 10.6. The number of ether oxygens (including phenoxy) is 1. The Kier molecular flexibility index (Phi) is 4.64. The van der Waals surface area contributed by atoms with Crippen LogP contribution in [0, 0.1) is 0 Å². The molecule has 1 atom stereocenters. The van der Waals surface area contributed by atoms with Crippen molar-refractivity contribution in [3.05, 3.63) is 20.8 Å². The van der Waals surface area contributed by atoms with Gasteiger partial charge in [0.2, 0.25) is 0 Å². The number of aliphatic hydroxyl groups is 1. The second-order valence-corrected chi connectivity index (χ2v) is 6.23. The van der Waals surface area contributed by atoms with Crippen molar-refractivity contribution < 1.29 is 9.84 Å². The molecule has 96 valence electrons. The largest absolute Gasteiger partial charge is 0.385 e. The highest BCUT2D eigenvalue weighted by atomic mass is 79.9. The lowest BCUT2D eigenvalue weighted by Crippen LogP contribution is -2.41. The Bertz CT molecular complexity index is 353. The molecule has 0 saturated heterocycles. The molecule has 0 aromatic carbocycles. The van der Waals surface area contributed by atoms with Crippen LogP contribution in [-0.4, -0.2) is 17.3 Å². The SMILES string of the molecule is CCOC1(C(O)c2cscc2Br)CCCCC1. The standard InChI is InChI=1S/C13H19BrO2S/c1-2-16-13(6-4-3-5-7-13)12(15)10-8-17-9-11(10)14/h8-9,12,15H,2-7H2,1H3. The highest BCUT2D eigenvalue weighted by Gasteiger charge is 2.41. The van der Waals surface area contributed by atoms with Crippen molar-refractivity contribution in [1.29, 1.82) is 0 Å². The number of hydrogen-bond donors (Lipinski definition) is 1. The van der Waals surface area contributed by atoms with Crippen molar-refractivity contribution in [3.8, 4) is 0 Å². The molecule has 0 radical (unpaired) electrons. The third-order valence-corrected chi connectivity index (χ3v) is 5.32. The molecule has 1 heterocycles. The number of aliphatic hydroxyl groups excluding tert-OH is 1. The summed E-state index contributed by atoms with van der Waals surface area (Å²) in [4.78, 5) is 0. The molecule has 0 aliphatic heterocycles. The number of thiophene rings is 1. The van der Waals surface area contributed by atoms with Gasteiger partial charge in [0.05, 0.1) is 5.60 Å². The Balaban J connectivity index is 2.23. The van der Waals surface area contributed by atoms with Gasteiger partial charge in [0, 0.05) is 22.0 Å². The van der Waals surface area contributed by atoms with Crippen LogP contribution in [0.15, 0.2) is 15.2 Å². The molecule has 2 nitrogen and oxygen atoms in total. The Morgan fingerprint density at radius 2 is 2.12 bits per heavy atom. The maximum absolute atomic E-state index is 10.6. The Morgan fingerprint density at radius 3 is 2.65 bits per heavy atom. The minimum Gasteiger partial charge on any atom is -0.385 e. The van der Waals surface area contributed by atoms with Crippen molar-refractivity contribution in [1.82, 2.24) is 0 Å². The van der Waals surface area contributed by atoms with Gasteiger partial charge >= 0.3 is 0 Å². The molecule has 1 N–H and O–H groups in total. The molecule has 1 fully saturated rings. The fraction of sp³-hybridized carbons (Fsp3) is 0.692. The number of halogens is 1. The highest BCUT2D eigenvalue weighted by Crippen LogP contribution is 2.44. The lowest BCUT2D eigenvalue weighted by molar-refractivity contribution is -0.141. The van der Waals surface area contributed by atoms with Crippen molar-refractivity contribution in [2.75, 3.05) is 6.61 Å². The molecule has 2 rings (SSSR count). The van der Waals surface area contributed by atoms with E-state index in [1.807, 2.05) is 17.7 Å². The lowest BCUT2D eigenvalue weighted by atomic mass is 9.78. The summed E-state index contributed by atoms with van der Waals surface area (Å²) in [7, 11) is 0. The summed E-state index contributed by atoms with van der Waals surface area (Å²) in [5.74, 6) is 0. The van der Waals surface area contributed by atoms with E-state index in [0.29, 0.717) is 6.61 Å². The van der Waals surface area contributed by atoms with E-state index in [1.54, 1.807) is 11.3 Å². The summed E-state index contributed by atoms with van der Waals surface area (Å²) in [6.07, 6.45) is 4.97. The van der Waals surface area contributed by atoms with Gasteiger partial charge in [-0.3, -0.25) is 0 Å². The van der Waals surface area contributed by atoms with Crippen LogP contribution in [-0.2, 0) is 4.74 Å². The first kappa shape index (κ1) is 13.5. The smallest absolute Gasteiger partial charge is 0.110 e. The van der Waals surface area contributed by atoms with E-state index >= 15 is 0 Å². The topological polar surface area (TPSA) is 29.5 Å². The van der Waals surface area contributed by atoms with Gasteiger partial charge in [-0.2, -0.15) is 11.3 Å². The van der Waals surface area contributed by atoms with Gasteiger partial charge in [-0.25, -0.2) is 0 Å². The van der Waals surface area contributed by atoms with E-state index < -0.39 is 6.10 Å². The predicted molar refractivity (Wildman–Crippen MR) is 74.4 cm³/mol. The van der Waals surface area contributed by atoms with Crippen LogP contribution in [0.2, 0.25) is 0 Å². The Morgan fingerprint density at radius 1 is 1.41 bits per heavy atom. The van der Waals surface area contributed by atoms with E-state index in [4.69, 9.17) is 4.74 Å². The molecule has 17 heavy (non-hydrogen) atoms. The Hall–Kier alpha value is 0.100. The molecule has 1 aliphatic carbocycles. The summed E-state index contributed by atoms with van der Waals surface area (Å²) in [6, 6.07) is 0. The molecule has 0 spiro atoms. The van der Waals surface area contributed by atoms with Crippen LogP contribution in [0.4, 0.5) is 0 Å². The van der Waals surface area contributed by atoms with E-state index in [1.165, 1.54) is 6.42 Å². The van der Waals surface area contributed by atoms with Crippen LogP contribution in [0.25, 0.3) is 0 Å². The molecule has 1 unspecified atom stereocenters. The third-order valence-electron chi connectivity index (χ3n) is 3.57. The summed E-state index contributed by atoms with van der Waals surface area (Å²) in [5, 5.41) is 14.7. The summed E-state index contributed by atoms with van der Waals surface area (Å²) in [5.41, 5.74) is 0.613. The first-order valence-electron chi connectivity index (χ1n) is 6.23. The molecule has 1 aliphatic rings. The predicted octanol–water partition coefficient (Wildman–Crippen LogP) is 4.28. The summed E-state index contributed by atoms with van der Waals surface area (Å²) in [6.45, 7) is 2.67. The van der Waals surface area contributed by atoms with Crippen LogP contribution < -0.4 is 0 Å². The van der Waals surface area contributed by atoms with Gasteiger partial charge in [-0.05, 0) is 41.1 Å². The highest BCUT2D eigenvalue weighted by molar-refractivity contribution is 9.10. The molecule has 1 aromatic heterocycles. The van der Waals surface area contributed by atoms with Gasteiger partial charge in [-0.15, -0.1) is 0 Å². The average Bonchev–Trinajstić information content (AvgIpc) is 2.76. The van der Waals surface area contributed by atoms with Gasteiger partial charge in [0.25, 0.3) is 0 Å². The second-order valence-electron chi connectivity index (χ2n) is 4.64. The fourth-order valence-electron chi connectivity index (χ4n) is 2.70. The third kappa shape index (κ3) is 2.75. The summed E-state index contributed by atoms with van der Waals surface area (Å²) >= 11 is 5.12. The zero-order valence-corrected chi connectivity index (χ0v) is 12.5. The van der Waals surface area contributed by atoms with Gasteiger partial charge in [-0.1, -0.05) is 19.3 Å². The first-order valence-corrected chi connectivity index (χ1v) is 7.97. The normalized spacial score (nSPS) is 21.4. The van der Waals surface area contributed by atoms with Crippen molar-refractivity contribution in [2.24, 2.45) is 0 Å². The average molecular weight is 319 g/mol. The number of hydrogen-bond acceptors (Lipinski definition) is 3. The van der Waals surface area contributed by atoms with Gasteiger partial charge in [0.1, 0.15) is 6.10 Å². The van der Waals surface area contributed by atoms with Crippen molar-refractivity contribution in [3.63, 3.8) is 0 Å². The van der Waals surface area contributed by atoms with Crippen LogP contribution in [0.3, 0.4) is 0 Å². The second kappa shape index (κ2) is 5.83. The van der Waals surface area contributed by atoms with Crippen LogP contribution in [0.1, 0.15) is 50.7 Å². The molecule has 0 bridgehead atoms. The molecule has 1 aromatic rings. The van der Waals surface area contributed by atoms with E-state index in [-0.39, 0.29) is 5.60 Å². The lowest BCUT2D eigenvalue weighted by Gasteiger charge is -2.40. The van der Waals surface area contributed by atoms with Crippen molar-refractivity contribution >= 4 is 27.3 Å². The minimum atomic E-state index is -0.511. The van der Waals surface area contributed by atoms with Gasteiger partial charge in [0.15, 0.2) is 0 Å². The summed E-state index contributed by atoms with van der Waals surface area (Å²) < 4.78 is 6.94. The van der Waals surface area contributed by atoms with Crippen LogP contribution >= 0.6 is 27.3 Å². The Labute approximate surface area is 115 Å². The molecular weight excluding hydrogens is 300 g/mol. The molecule has 0 amide bonds. The quantitative estimate of drug-likeness (QED) is 0.897. The zero-order chi connectivity index (χ0) is 12.3.